The van der Waals surface area contributed by atoms with E-state index in [-0.39, 0.29) is 10.7 Å². The fourth-order valence-corrected chi connectivity index (χ4v) is 2.64. The first kappa shape index (κ1) is 21.0. The molecule has 0 bridgehead atoms. The molecule has 0 spiro atoms. The number of hydrogen-bond acceptors (Lipinski definition) is 2. The molecule has 0 aromatic heterocycles. The van der Waals surface area contributed by atoms with Crippen LogP contribution in [0.2, 0.25) is 5.02 Å². The van der Waals surface area contributed by atoms with Crippen molar-refractivity contribution < 1.29 is 9.18 Å². The minimum Gasteiger partial charge on any atom is -0.339 e. The van der Waals surface area contributed by atoms with E-state index in [0.717, 1.165) is 6.07 Å². The molecule has 0 heterocycles. The Morgan fingerprint density at radius 1 is 1.04 bits per heavy atom. The number of halogens is 5. The minimum absolute atomic E-state index is 0.0447. The molecule has 1 atom stereocenters. The maximum Gasteiger partial charge on any atom is 0.255 e. The largest absolute Gasteiger partial charge is 0.339 e. The monoisotopic (exact) mass is 453 g/mol. The van der Waals surface area contributed by atoms with Gasteiger partial charge in [0.25, 0.3) is 5.91 Å². The summed E-state index contributed by atoms with van der Waals surface area (Å²) < 4.78 is 11.8. The quantitative estimate of drug-likeness (QED) is 0.349. The van der Waals surface area contributed by atoms with Gasteiger partial charge >= 0.3 is 0 Å². The molecule has 1 amide bonds. The van der Waals surface area contributed by atoms with Crippen molar-refractivity contribution in [2.24, 2.45) is 0 Å². The van der Waals surface area contributed by atoms with Crippen LogP contribution in [0.15, 0.2) is 48.5 Å². The third-order valence-corrected chi connectivity index (χ3v) is 4.32. The van der Waals surface area contributed by atoms with E-state index in [1.54, 1.807) is 24.3 Å². The van der Waals surface area contributed by atoms with E-state index in [2.05, 4.69) is 16.0 Å². The summed E-state index contributed by atoms with van der Waals surface area (Å²) in [5.74, 6) is -1.47. The number of hydrogen-bond donors (Lipinski definition) is 3. The number of carbonyl (C=O) groups excluding carboxylic acids is 1. The molecule has 0 radical (unpaired) electrons. The van der Waals surface area contributed by atoms with Crippen LogP contribution in [0.25, 0.3) is 0 Å². The molecular formula is C16H12Cl4FN3OS. The summed E-state index contributed by atoms with van der Waals surface area (Å²) >= 11 is 28.9. The molecule has 2 aromatic rings. The van der Waals surface area contributed by atoms with Gasteiger partial charge in [-0.1, -0.05) is 70.7 Å². The van der Waals surface area contributed by atoms with Gasteiger partial charge in [-0.3, -0.25) is 4.79 Å². The number of carbonyl (C=O) groups is 1. The molecule has 0 fully saturated rings. The molecule has 0 saturated heterocycles. The average Bonchev–Trinajstić information content (AvgIpc) is 2.56. The second-order valence-electron chi connectivity index (χ2n) is 5.01. The topological polar surface area (TPSA) is 53.2 Å². The molecule has 1 unspecified atom stereocenters. The normalized spacial score (nSPS) is 12.2. The highest BCUT2D eigenvalue weighted by atomic mass is 35.6. The molecule has 0 aliphatic carbocycles. The second-order valence-corrected chi connectivity index (χ2v) is 8.19. The number of rotatable bonds is 4. The lowest BCUT2D eigenvalue weighted by Gasteiger charge is -2.28. The molecule has 4 nitrogen and oxygen atoms in total. The number of anilines is 1. The number of para-hydroxylation sites is 1. The summed E-state index contributed by atoms with van der Waals surface area (Å²) in [5, 5.41) is 8.36. The zero-order chi connectivity index (χ0) is 19.3. The first-order valence-corrected chi connectivity index (χ1v) is 9.04. The average molecular weight is 455 g/mol. The molecule has 138 valence electrons. The Balaban J connectivity index is 2.10. The van der Waals surface area contributed by atoms with E-state index in [1.807, 2.05) is 0 Å². The van der Waals surface area contributed by atoms with Gasteiger partial charge in [0.1, 0.15) is 12.0 Å². The van der Waals surface area contributed by atoms with E-state index < -0.39 is 21.7 Å². The smallest absolute Gasteiger partial charge is 0.255 e. The van der Waals surface area contributed by atoms with Gasteiger partial charge < -0.3 is 16.0 Å². The van der Waals surface area contributed by atoms with Crippen molar-refractivity contribution in [2.75, 3.05) is 5.32 Å². The summed E-state index contributed by atoms with van der Waals surface area (Å²) in [6.07, 6.45) is -1.23. The maximum absolute atomic E-state index is 13.7. The Hall–Kier alpha value is -1.31. The Kier molecular flexibility index (Phi) is 7.32. The number of amides is 1. The maximum atomic E-state index is 13.7. The van der Waals surface area contributed by atoms with Gasteiger partial charge in [0.05, 0.1) is 16.3 Å². The Morgan fingerprint density at radius 3 is 2.27 bits per heavy atom. The predicted molar refractivity (Wildman–Crippen MR) is 109 cm³/mol. The predicted octanol–water partition coefficient (Wildman–Crippen LogP) is 4.89. The van der Waals surface area contributed by atoms with Crippen molar-refractivity contribution in [1.29, 1.82) is 0 Å². The molecule has 2 rings (SSSR count). The van der Waals surface area contributed by atoms with E-state index in [0.29, 0.717) is 10.7 Å². The molecule has 0 saturated carbocycles. The van der Waals surface area contributed by atoms with Crippen LogP contribution in [0.5, 0.6) is 0 Å². The molecule has 3 N–H and O–H groups in total. The molecule has 26 heavy (non-hydrogen) atoms. The van der Waals surface area contributed by atoms with Gasteiger partial charge in [-0.25, -0.2) is 4.39 Å². The number of nitrogens with one attached hydrogen (secondary N) is 3. The Labute approximate surface area is 174 Å². The highest BCUT2D eigenvalue weighted by molar-refractivity contribution is 7.80. The van der Waals surface area contributed by atoms with E-state index in [4.69, 9.17) is 58.6 Å². The van der Waals surface area contributed by atoms with Gasteiger partial charge in [-0.05, 0) is 36.5 Å². The SMILES string of the molecule is O=C(NC(NC(=S)Nc1ccccc1Cl)C(Cl)(Cl)Cl)c1ccccc1F. The zero-order valence-corrected chi connectivity index (χ0v) is 16.7. The lowest BCUT2D eigenvalue weighted by atomic mass is 10.2. The van der Waals surface area contributed by atoms with Crippen LogP contribution in [-0.2, 0) is 0 Å². The summed E-state index contributed by atoms with van der Waals surface area (Å²) in [7, 11) is 0. The standard InChI is InChI=1S/C16H12Cl4FN3OS/c17-10-6-2-4-8-12(10)22-15(26)24-14(16(18,19)20)23-13(25)9-5-1-3-7-11(9)21/h1-8,14H,(H,23,25)(H2,22,24,26). The number of benzene rings is 2. The molecule has 2 aromatic carbocycles. The number of thiocarbonyl (C=S) groups is 1. The van der Waals surface area contributed by atoms with E-state index >= 15 is 0 Å². The second kappa shape index (κ2) is 9.06. The van der Waals surface area contributed by atoms with E-state index in [9.17, 15) is 9.18 Å². The van der Waals surface area contributed by atoms with Crippen molar-refractivity contribution in [3.8, 4) is 0 Å². The fraction of sp³-hybridized carbons (Fsp3) is 0.125. The fourth-order valence-electron chi connectivity index (χ4n) is 1.91. The van der Waals surface area contributed by atoms with Crippen LogP contribution >= 0.6 is 58.6 Å². The van der Waals surface area contributed by atoms with Crippen LogP contribution in [-0.4, -0.2) is 21.0 Å². The van der Waals surface area contributed by atoms with Gasteiger partial charge in [0.15, 0.2) is 5.11 Å². The van der Waals surface area contributed by atoms with Gasteiger partial charge in [-0.15, -0.1) is 0 Å². The molecular weight excluding hydrogens is 443 g/mol. The van der Waals surface area contributed by atoms with Gasteiger partial charge in [-0.2, -0.15) is 0 Å². The van der Waals surface area contributed by atoms with E-state index in [1.165, 1.54) is 18.2 Å². The molecule has 0 aliphatic rings. The summed E-state index contributed by atoms with van der Waals surface area (Å²) in [5.41, 5.74) is 0.327. The summed E-state index contributed by atoms with van der Waals surface area (Å²) in [6, 6.07) is 12.3. The Bertz CT molecular complexity index is 816. The summed E-state index contributed by atoms with van der Waals surface area (Å²) in [6.45, 7) is 0. The minimum atomic E-state index is -1.97. The van der Waals surface area contributed by atoms with Crippen LogP contribution in [0.1, 0.15) is 10.4 Å². The van der Waals surface area contributed by atoms with Crippen LogP contribution < -0.4 is 16.0 Å². The third kappa shape index (κ3) is 5.86. The van der Waals surface area contributed by atoms with Crippen molar-refractivity contribution in [2.45, 2.75) is 9.96 Å². The van der Waals surface area contributed by atoms with Crippen molar-refractivity contribution in [3.63, 3.8) is 0 Å². The highest BCUT2D eigenvalue weighted by Gasteiger charge is 2.35. The van der Waals surface area contributed by atoms with Crippen molar-refractivity contribution >= 4 is 75.3 Å². The zero-order valence-electron chi connectivity index (χ0n) is 12.9. The molecule has 10 heteroatoms. The van der Waals surface area contributed by atoms with Gasteiger partial charge in [0, 0.05) is 0 Å². The Morgan fingerprint density at radius 2 is 1.65 bits per heavy atom. The first-order chi connectivity index (χ1) is 12.2. The summed E-state index contributed by atoms with van der Waals surface area (Å²) in [4.78, 5) is 12.3. The van der Waals surface area contributed by atoms with Crippen LogP contribution in [0.4, 0.5) is 10.1 Å². The van der Waals surface area contributed by atoms with Crippen LogP contribution in [0.3, 0.4) is 0 Å². The first-order valence-electron chi connectivity index (χ1n) is 7.12. The van der Waals surface area contributed by atoms with Crippen molar-refractivity contribution in [1.82, 2.24) is 10.6 Å². The molecule has 0 aliphatic heterocycles. The number of alkyl halides is 3. The third-order valence-electron chi connectivity index (χ3n) is 3.12. The lowest BCUT2D eigenvalue weighted by Crippen LogP contribution is -2.56. The van der Waals surface area contributed by atoms with Crippen LogP contribution in [0, 0.1) is 5.82 Å². The highest BCUT2D eigenvalue weighted by Crippen LogP contribution is 2.29. The van der Waals surface area contributed by atoms with Crippen molar-refractivity contribution in [3.05, 3.63) is 64.9 Å². The van der Waals surface area contributed by atoms with Gasteiger partial charge in [0.2, 0.25) is 3.79 Å². The lowest BCUT2D eigenvalue weighted by molar-refractivity contribution is 0.0930.